The molecule has 0 aliphatic carbocycles. The van der Waals surface area contributed by atoms with E-state index in [1.807, 2.05) is 6.07 Å². The highest BCUT2D eigenvalue weighted by Gasteiger charge is 2.45. The number of benzene rings is 2. The molecule has 0 unspecified atom stereocenters. The third-order valence-electron chi connectivity index (χ3n) is 6.26. The molecular weight excluding hydrogens is 535 g/mol. The Kier molecular flexibility index (Phi) is 6.54. The van der Waals surface area contributed by atoms with Gasteiger partial charge < -0.3 is 4.42 Å². The van der Waals surface area contributed by atoms with Crippen LogP contribution in [0.5, 0.6) is 0 Å². The Labute approximate surface area is 223 Å². The maximum Gasteiger partial charge on any atom is 0.272 e. The number of nitriles is 1. The van der Waals surface area contributed by atoms with E-state index in [2.05, 4.69) is 0 Å². The summed E-state index contributed by atoms with van der Waals surface area (Å²) in [5.74, 6) is -1.25. The largest absolute Gasteiger partial charge is 0.457 e. The molecule has 1 fully saturated rings. The molecule has 7 nitrogen and oxygen atoms in total. The number of rotatable bonds is 4. The van der Waals surface area contributed by atoms with E-state index in [0.717, 1.165) is 4.90 Å². The number of nitrogens with zero attached hydrogens (tertiary/aromatic N) is 2. The predicted octanol–water partition coefficient (Wildman–Crippen LogP) is 5.17. The van der Waals surface area contributed by atoms with Gasteiger partial charge in [0, 0.05) is 16.2 Å². The van der Waals surface area contributed by atoms with Crippen molar-refractivity contribution >= 4 is 56.5 Å². The SMILES string of the molecule is N#CC1=C(c2ccccc2)/C(=C/c2ccc(-c3ccc(Cl)cc3Cl)o2)C(=O)N([C@H]2CCS(=O)(=O)C2)C1=O. The van der Waals surface area contributed by atoms with Crippen LogP contribution in [-0.2, 0) is 19.4 Å². The Morgan fingerprint density at radius 2 is 1.78 bits per heavy atom. The van der Waals surface area contributed by atoms with Crippen molar-refractivity contribution in [2.75, 3.05) is 11.5 Å². The maximum atomic E-state index is 13.8. The van der Waals surface area contributed by atoms with E-state index in [-0.39, 0.29) is 40.4 Å². The first-order valence-electron chi connectivity index (χ1n) is 11.2. The molecule has 186 valence electrons. The molecule has 5 rings (SSSR count). The Hall–Kier alpha value is -3.64. The van der Waals surface area contributed by atoms with Crippen LogP contribution in [0.4, 0.5) is 0 Å². The number of amides is 2. The summed E-state index contributed by atoms with van der Waals surface area (Å²) in [7, 11) is -3.40. The molecule has 2 amide bonds. The van der Waals surface area contributed by atoms with Crippen molar-refractivity contribution in [3.8, 4) is 17.4 Å². The van der Waals surface area contributed by atoms with Crippen molar-refractivity contribution in [2.45, 2.75) is 12.5 Å². The van der Waals surface area contributed by atoms with Crippen LogP contribution < -0.4 is 0 Å². The lowest BCUT2D eigenvalue weighted by atomic mass is 9.87. The van der Waals surface area contributed by atoms with Gasteiger partial charge in [-0.15, -0.1) is 0 Å². The minimum atomic E-state index is -3.40. The van der Waals surface area contributed by atoms with Gasteiger partial charge in [0.05, 0.1) is 28.1 Å². The first-order valence-corrected chi connectivity index (χ1v) is 13.8. The summed E-state index contributed by atoms with van der Waals surface area (Å²) in [4.78, 5) is 28.0. The lowest BCUT2D eigenvalue weighted by Crippen LogP contribution is -2.49. The van der Waals surface area contributed by atoms with E-state index >= 15 is 0 Å². The highest BCUT2D eigenvalue weighted by atomic mass is 35.5. The van der Waals surface area contributed by atoms with Gasteiger partial charge in [0.2, 0.25) is 0 Å². The fraction of sp³-hybridized carbons (Fsp3) is 0.148. The van der Waals surface area contributed by atoms with Crippen LogP contribution in [-0.4, -0.2) is 42.7 Å². The molecule has 1 atom stereocenters. The van der Waals surface area contributed by atoms with Crippen LogP contribution in [0.2, 0.25) is 10.0 Å². The van der Waals surface area contributed by atoms with Crippen molar-refractivity contribution in [3.05, 3.63) is 93.2 Å². The van der Waals surface area contributed by atoms with Gasteiger partial charge in [0.25, 0.3) is 11.8 Å². The Morgan fingerprint density at radius 1 is 1.03 bits per heavy atom. The summed E-state index contributed by atoms with van der Waals surface area (Å²) in [5, 5.41) is 10.8. The van der Waals surface area contributed by atoms with E-state index in [0.29, 0.717) is 26.9 Å². The zero-order valence-electron chi connectivity index (χ0n) is 19.1. The molecular formula is C27H18Cl2N2O5S. The number of sulfone groups is 1. The van der Waals surface area contributed by atoms with Crippen molar-refractivity contribution in [1.29, 1.82) is 5.26 Å². The van der Waals surface area contributed by atoms with Crippen molar-refractivity contribution in [3.63, 3.8) is 0 Å². The molecule has 0 spiro atoms. The van der Waals surface area contributed by atoms with E-state index in [1.54, 1.807) is 60.7 Å². The smallest absolute Gasteiger partial charge is 0.272 e. The number of halogens is 2. The van der Waals surface area contributed by atoms with Crippen LogP contribution in [0.15, 0.2) is 76.2 Å². The molecule has 1 aromatic heterocycles. The average molecular weight is 553 g/mol. The molecule has 37 heavy (non-hydrogen) atoms. The predicted molar refractivity (Wildman–Crippen MR) is 140 cm³/mol. The average Bonchev–Trinajstić information content (AvgIpc) is 3.47. The topological polar surface area (TPSA) is 108 Å². The van der Waals surface area contributed by atoms with Gasteiger partial charge in [0.1, 0.15) is 23.2 Å². The lowest BCUT2D eigenvalue weighted by molar-refractivity contribution is -0.142. The molecule has 2 aromatic carbocycles. The molecule has 10 heteroatoms. The molecule has 2 aliphatic rings. The molecule has 0 radical (unpaired) electrons. The third-order valence-corrected chi connectivity index (χ3v) is 8.56. The highest BCUT2D eigenvalue weighted by molar-refractivity contribution is 7.91. The molecule has 2 aliphatic heterocycles. The fourth-order valence-electron chi connectivity index (χ4n) is 4.55. The summed E-state index contributed by atoms with van der Waals surface area (Å²) in [6, 6.07) is 18.0. The van der Waals surface area contributed by atoms with E-state index in [9.17, 15) is 23.3 Å². The fourth-order valence-corrected chi connectivity index (χ4v) is 6.75. The number of hydrogen-bond acceptors (Lipinski definition) is 6. The van der Waals surface area contributed by atoms with Crippen molar-refractivity contribution in [1.82, 2.24) is 4.90 Å². The minimum absolute atomic E-state index is 0.0507. The van der Waals surface area contributed by atoms with Crippen LogP contribution in [0.3, 0.4) is 0 Å². The Balaban J connectivity index is 1.65. The summed E-state index contributed by atoms with van der Waals surface area (Å²) >= 11 is 12.3. The zero-order valence-corrected chi connectivity index (χ0v) is 21.5. The second kappa shape index (κ2) is 9.67. The van der Waals surface area contributed by atoms with E-state index in [1.165, 1.54) is 6.08 Å². The molecule has 0 bridgehead atoms. The van der Waals surface area contributed by atoms with Gasteiger partial charge in [-0.3, -0.25) is 14.5 Å². The molecule has 3 heterocycles. The normalized spacial score (nSPS) is 20.5. The number of carbonyl (C=O) groups excluding carboxylic acids is 2. The lowest BCUT2D eigenvalue weighted by Gasteiger charge is -2.32. The van der Waals surface area contributed by atoms with Gasteiger partial charge in [-0.05, 0) is 48.4 Å². The Bertz CT molecular complexity index is 1650. The number of furan rings is 1. The standard InChI is InChI=1S/C27H18Cl2N2O5S/c28-17-6-8-20(23(29)12-17)24-9-7-19(36-24)13-21-25(16-4-2-1-3-5-16)22(14-30)27(33)31(26(21)32)18-10-11-37(34,35)15-18/h1-9,12-13,18H,10-11,15H2/b21-13-/t18-/m0/s1. The van der Waals surface area contributed by atoms with Gasteiger partial charge >= 0.3 is 0 Å². The van der Waals surface area contributed by atoms with Crippen LogP contribution >= 0.6 is 23.2 Å². The molecule has 3 aromatic rings. The highest BCUT2D eigenvalue weighted by Crippen LogP contribution is 2.38. The van der Waals surface area contributed by atoms with Crippen LogP contribution in [0, 0.1) is 11.3 Å². The zero-order chi connectivity index (χ0) is 26.3. The third kappa shape index (κ3) is 4.74. The maximum absolute atomic E-state index is 13.8. The number of hydrogen-bond donors (Lipinski definition) is 0. The molecule has 0 saturated carbocycles. The van der Waals surface area contributed by atoms with Gasteiger partial charge in [-0.1, -0.05) is 53.5 Å². The minimum Gasteiger partial charge on any atom is -0.457 e. The van der Waals surface area contributed by atoms with Crippen molar-refractivity contribution < 1.29 is 22.4 Å². The summed E-state index contributed by atoms with van der Waals surface area (Å²) < 4.78 is 30.2. The summed E-state index contributed by atoms with van der Waals surface area (Å²) in [6.45, 7) is 0. The summed E-state index contributed by atoms with van der Waals surface area (Å²) in [5.41, 5.74) is 1.06. The van der Waals surface area contributed by atoms with Gasteiger partial charge in [-0.25, -0.2) is 8.42 Å². The quantitative estimate of drug-likeness (QED) is 0.326. The molecule has 0 N–H and O–H groups in total. The van der Waals surface area contributed by atoms with Crippen LogP contribution in [0.1, 0.15) is 17.7 Å². The van der Waals surface area contributed by atoms with Gasteiger partial charge in [-0.2, -0.15) is 5.26 Å². The number of carbonyl (C=O) groups is 2. The van der Waals surface area contributed by atoms with Crippen LogP contribution in [0.25, 0.3) is 23.0 Å². The van der Waals surface area contributed by atoms with E-state index < -0.39 is 27.7 Å². The first-order chi connectivity index (χ1) is 17.7. The number of imide groups is 1. The molecule has 1 saturated heterocycles. The Morgan fingerprint density at radius 3 is 2.43 bits per heavy atom. The van der Waals surface area contributed by atoms with Crippen molar-refractivity contribution in [2.24, 2.45) is 0 Å². The second-order valence-corrected chi connectivity index (χ2v) is 11.7. The monoisotopic (exact) mass is 552 g/mol. The second-order valence-electron chi connectivity index (χ2n) is 8.65. The summed E-state index contributed by atoms with van der Waals surface area (Å²) in [6.07, 6.45) is 1.57. The van der Waals surface area contributed by atoms with Gasteiger partial charge in [0.15, 0.2) is 9.84 Å². The van der Waals surface area contributed by atoms with E-state index in [4.69, 9.17) is 27.6 Å². The first kappa shape index (κ1) is 25.0.